The maximum Gasteiger partial charge on any atom is 0.238 e. The molecule has 122 valence electrons. The third kappa shape index (κ3) is 5.03. The monoisotopic (exact) mass is 311 g/mol. The van der Waals surface area contributed by atoms with Crippen molar-refractivity contribution in [3.63, 3.8) is 0 Å². The molecule has 1 fully saturated rings. The first kappa shape index (κ1) is 16.8. The number of nitrogens with one attached hydrogen (secondary N) is 2. The standard InChI is InChI=1S/C16H23F2N3O/c1-2-19-10-12-5-7-21(8-6-12)11-16(22)20-13-3-4-14(17)15(18)9-13/h3-4,9,12,19H,2,5-8,10-11H2,1H3,(H,20,22). The van der Waals surface area contributed by atoms with Crippen molar-refractivity contribution in [2.24, 2.45) is 5.92 Å². The molecule has 0 radical (unpaired) electrons. The Morgan fingerprint density at radius 3 is 2.64 bits per heavy atom. The summed E-state index contributed by atoms with van der Waals surface area (Å²) in [6.07, 6.45) is 2.15. The number of carbonyl (C=O) groups is 1. The van der Waals surface area contributed by atoms with E-state index in [2.05, 4.69) is 22.5 Å². The summed E-state index contributed by atoms with van der Waals surface area (Å²) in [6, 6.07) is 3.37. The van der Waals surface area contributed by atoms with Crippen LogP contribution in [0, 0.1) is 17.6 Å². The number of piperidine rings is 1. The molecular formula is C16H23F2N3O. The number of nitrogens with zero attached hydrogens (tertiary/aromatic N) is 1. The van der Waals surface area contributed by atoms with Crippen LogP contribution in [0.4, 0.5) is 14.5 Å². The third-order valence-corrected chi connectivity index (χ3v) is 3.96. The first-order chi connectivity index (χ1) is 10.6. The Hall–Kier alpha value is -1.53. The summed E-state index contributed by atoms with van der Waals surface area (Å²) in [5, 5.41) is 5.96. The normalized spacial score (nSPS) is 16.7. The molecule has 1 aliphatic heterocycles. The minimum absolute atomic E-state index is 0.198. The molecule has 2 rings (SSSR count). The van der Waals surface area contributed by atoms with E-state index in [1.165, 1.54) is 6.07 Å². The number of hydrogen-bond acceptors (Lipinski definition) is 3. The van der Waals surface area contributed by atoms with E-state index in [-0.39, 0.29) is 18.1 Å². The van der Waals surface area contributed by atoms with Crippen molar-refractivity contribution in [3.05, 3.63) is 29.8 Å². The highest BCUT2D eigenvalue weighted by atomic mass is 19.2. The predicted octanol–water partition coefficient (Wildman–Crippen LogP) is 2.22. The molecule has 1 aromatic rings. The zero-order chi connectivity index (χ0) is 15.9. The van der Waals surface area contributed by atoms with Gasteiger partial charge in [0.05, 0.1) is 6.54 Å². The molecule has 1 aromatic carbocycles. The van der Waals surface area contributed by atoms with Gasteiger partial charge < -0.3 is 10.6 Å². The van der Waals surface area contributed by atoms with Gasteiger partial charge in [0.1, 0.15) is 0 Å². The van der Waals surface area contributed by atoms with Gasteiger partial charge in [-0.25, -0.2) is 8.78 Å². The van der Waals surface area contributed by atoms with Crippen LogP contribution < -0.4 is 10.6 Å². The van der Waals surface area contributed by atoms with Crippen LogP contribution in [0.25, 0.3) is 0 Å². The molecule has 0 unspecified atom stereocenters. The van der Waals surface area contributed by atoms with Crippen LogP contribution in [-0.2, 0) is 4.79 Å². The smallest absolute Gasteiger partial charge is 0.238 e. The number of hydrogen-bond donors (Lipinski definition) is 2. The summed E-state index contributed by atoms with van der Waals surface area (Å²) in [6.45, 7) is 6.18. The van der Waals surface area contributed by atoms with Gasteiger partial charge in [-0.15, -0.1) is 0 Å². The first-order valence-electron chi connectivity index (χ1n) is 7.76. The van der Waals surface area contributed by atoms with E-state index < -0.39 is 11.6 Å². The third-order valence-electron chi connectivity index (χ3n) is 3.96. The molecule has 0 spiro atoms. The Morgan fingerprint density at radius 2 is 2.00 bits per heavy atom. The fourth-order valence-corrected chi connectivity index (χ4v) is 2.67. The quantitative estimate of drug-likeness (QED) is 0.847. The second kappa shape index (κ2) is 8.19. The van der Waals surface area contributed by atoms with Gasteiger partial charge in [0.15, 0.2) is 11.6 Å². The molecule has 1 aliphatic rings. The van der Waals surface area contributed by atoms with Gasteiger partial charge in [-0.2, -0.15) is 0 Å². The maximum atomic E-state index is 13.1. The highest BCUT2D eigenvalue weighted by Gasteiger charge is 2.20. The van der Waals surface area contributed by atoms with E-state index in [4.69, 9.17) is 0 Å². The van der Waals surface area contributed by atoms with E-state index in [9.17, 15) is 13.6 Å². The number of anilines is 1. The molecule has 0 saturated carbocycles. The number of likely N-dealkylation sites (tertiary alicyclic amines) is 1. The molecule has 1 heterocycles. The van der Waals surface area contributed by atoms with Crippen LogP contribution in [0.15, 0.2) is 18.2 Å². The highest BCUT2D eigenvalue weighted by molar-refractivity contribution is 5.92. The summed E-state index contributed by atoms with van der Waals surface area (Å²) >= 11 is 0. The lowest BCUT2D eigenvalue weighted by Gasteiger charge is -2.31. The summed E-state index contributed by atoms with van der Waals surface area (Å²) in [4.78, 5) is 14.0. The molecule has 0 bridgehead atoms. The summed E-state index contributed by atoms with van der Waals surface area (Å²) in [5.41, 5.74) is 0.283. The van der Waals surface area contributed by atoms with Gasteiger partial charge in [0.2, 0.25) is 5.91 Å². The maximum absolute atomic E-state index is 13.1. The van der Waals surface area contributed by atoms with Crippen molar-refractivity contribution in [2.75, 3.05) is 38.0 Å². The van der Waals surface area contributed by atoms with Crippen molar-refractivity contribution in [1.29, 1.82) is 0 Å². The Balaban J connectivity index is 1.75. The van der Waals surface area contributed by atoms with Gasteiger partial charge in [-0.1, -0.05) is 6.92 Å². The zero-order valence-electron chi connectivity index (χ0n) is 12.9. The molecule has 4 nitrogen and oxygen atoms in total. The lowest BCUT2D eigenvalue weighted by Crippen LogP contribution is -2.41. The lowest BCUT2D eigenvalue weighted by atomic mass is 9.97. The van der Waals surface area contributed by atoms with Crippen molar-refractivity contribution >= 4 is 11.6 Å². The fraction of sp³-hybridized carbons (Fsp3) is 0.562. The summed E-state index contributed by atoms with van der Waals surface area (Å²) < 4.78 is 25.9. The second-order valence-electron chi connectivity index (χ2n) is 5.70. The average Bonchev–Trinajstić information content (AvgIpc) is 2.50. The molecule has 6 heteroatoms. The number of rotatable bonds is 6. The lowest BCUT2D eigenvalue weighted by molar-refractivity contribution is -0.117. The number of carbonyl (C=O) groups excluding carboxylic acids is 1. The van der Waals surface area contributed by atoms with Crippen LogP contribution in [0.3, 0.4) is 0 Å². The van der Waals surface area contributed by atoms with E-state index in [0.717, 1.165) is 51.2 Å². The minimum atomic E-state index is -0.956. The number of benzene rings is 1. The molecule has 1 amide bonds. The second-order valence-corrected chi connectivity index (χ2v) is 5.70. The molecule has 0 aromatic heterocycles. The van der Waals surface area contributed by atoms with E-state index >= 15 is 0 Å². The average molecular weight is 311 g/mol. The summed E-state index contributed by atoms with van der Waals surface area (Å²) in [7, 11) is 0. The molecule has 2 N–H and O–H groups in total. The van der Waals surface area contributed by atoms with Crippen molar-refractivity contribution < 1.29 is 13.6 Å². The van der Waals surface area contributed by atoms with Gasteiger partial charge in [0, 0.05) is 11.8 Å². The Bertz CT molecular complexity index is 502. The van der Waals surface area contributed by atoms with Crippen LogP contribution in [0.2, 0.25) is 0 Å². The largest absolute Gasteiger partial charge is 0.325 e. The van der Waals surface area contributed by atoms with Crippen molar-refractivity contribution in [3.8, 4) is 0 Å². The number of halogens is 2. The number of amides is 1. The Morgan fingerprint density at radius 1 is 1.27 bits per heavy atom. The van der Waals surface area contributed by atoms with E-state index in [0.29, 0.717) is 5.92 Å². The predicted molar refractivity (Wildman–Crippen MR) is 82.7 cm³/mol. The Labute approximate surface area is 129 Å². The van der Waals surface area contributed by atoms with E-state index in [1.807, 2.05) is 0 Å². The topological polar surface area (TPSA) is 44.4 Å². The first-order valence-corrected chi connectivity index (χ1v) is 7.76. The molecule has 0 aliphatic carbocycles. The Kier molecular flexibility index (Phi) is 6.27. The van der Waals surface area contributed by atoms with Crippen LogP contribution in [0.5, 0.6) is 0 Å². The van der Waals surface area contributed by atoms with Crippen LogP contribution >= 0.6 is 0 Å². The fourth-order valence-electron chi connectivity index (χ4n) is 2.67. The van der Waals surface area contributed by atoms with Crippen LogP contribution in [-0.4, -0.2) is 43.5 Å². The van der Waals surface area contributed by atoms with Crippen molar-refractivity contribution in [1.82, 2.24) is 10.2 Å². The van der Waals surface area contributed by atoms with Gasteiger partial charge >= 0.3 is 0 Å². The molecular weight excluding hydrogens is 288 g/mol. The molecule has 22 heavy (non-hydrogen) atoms. The minimum Gasteiger partial charge on any atom is -0.325 e. The molecule has 0 atom stereocenters. The molecule has 1 saturated heterocycles. The van der Waals surface area contributed by atoms with Crippen molar-refractivity contribution in [2.45, 2.75) is 19.8 Å². The van der Waals surface area contributed by atoms with Gasteiger partial charge in [-0.05, 0) is 57.1 Å². The summed E-state index contributed by atoms with van der Waals surface area (Å²) in [5.74, 6) is -1.40. The van der Waals surface area contributed by atoms with Crippen LogP contribution in [0.1, 0.15) is 19.8 Å². The van der Waals surface area contributed by atoms with Gasteiger partial charge in [0.25, 0.3) is 0 Å². The zero-order valence-corrected chi connectivity index (χ0v) is 12.9. The SMILES string of the molecule is CCNCC1CCN(CC(=O)Nc2ccc(F)c(F)c2)CC1. The van der Waals surface area contributed by atoms with E-state index in [1.54, 1.807) is 0 Å². The van der Waals surface area contributed by atoms with Gasteiger partial charge in [-0.3, -0.25) is 9.69 Å². The highest BCUT2D eigenvalue weighted by Crippen LogP contribution is 2.17.